The van der Waals surface area contributed by atoms with Crippen molar-refractivity contribution in [2.75, 3.05) is 18.2 Å². The second-order valence-electron chi connectivity index (χ2n) is 6.44. The average molecular weight is 408 g/mol. The molecular weight excluding hydrogens is 386 g/mol. The summed E-state index contributed by atoms with van der Waals surface area (Å²) in [5.74, 6) is -0.340. The average Bonchev–Trinajstić information content (AvgIpc) is 2.65. The first-order chi connectivity index (χ1) is 12.9. The monoisotopic (exact) mass is 407 g/mol. The number of ether oxygens (including phenoxy) is 1. The highest BCUT2D eigenvalue weighted by Gasteiger charge is 2.30. The van der Waals surface area contributed by atoms with Gasteiger partial charge in [0.15, 0.2) is 5.16 Å². The van der Waals surface area contributed by atoms with Crippen LogP contribution in [0.2, 0.25) is 5.02 Å². The van der Waals surface area contributed by atoms with E-state index in [-0.39, 0.29) is 30.7 Å². The molecule has 0 unspecified atom stereocenters. The van der Waals surface area contributed by atoms with Gasteiger partial charge in [0.05, 0.1) is 18.3 Å². The third kappa shape index (κ3) is 4.14. The largest absolute Gasteiger partial charge is 0.465 e. The van der Waals surface area contributed by atoms with Gasteiger partial charge in [-0.25, -0.2) is 4.98 Å². The van der Waals surface area contributed by atoms with Gasteiger partial charge < -0.3 is 10.1 Å². The fraction of sp³-hybridized carbons (Fsp3) is 0.421. The van der Waals surface area contributed by atoms with Gasteiger partial charge in [0.25, 0.3) is 5.56 Å². The van der Waals surface area contributed by atoms with Crippen molar-refractivity contribution >= 4 is 35.0 Å². The Labute approximate surface area is 167 Å². The van der Waals surface area contributed by atoms with E-state index in [0.717, 1.165) is 17.7 Å². The van der Waals surface area contributed by atoms with E-state index in [4.69, 9.17) is 16.3 Å². The standard InChI is InChI=1S/C19H22ClN3O3S/c1-4-26-15(24)10-23-18(25)17-16(22-19(23)27-3)11(2)9-14(21-17)12-5-7-13(20)8-6-12/h5-8,11,14,21H,4,9-10H2,1-3H3/t11-,14-/m0/s1. The summed E-state index contributed by atoms with van der Waals surface area (Å²) in [5, 5.41) is 4.52. The van der Waals surface area contributed by atoms with E-state index in [0.29, 0.717) is 15.9 Å². The molecule has 0 radical (unpaired) electrons. The maximum atomic E-state index is 13.1. The van der Waals surface area contributed by atoms with Gasteiger partial charge >= 0.3 is 5.97 Å². The number of hydrogen-bond acceptors (Lipinski definition) is 6. The van der Waals surface area contributed by atoms with E-state index < -0.39 is 5.97 Å². The van der Waals surface area contributed by atoms with E-state index in [1.165, 1.54) is 16.3 Å². The molecule has 0 saturated carbocycles. The van der Waals surface area contributed by atoms with Gasteiger partial charge in [-0.2, -0.15) is 0 Å². The summed E-state index contributed by atoms with van der Waals surface area (Å²) >= 11 is 7.33. The molecule has 3 rings (SSSR count). The molecule has 0 aliphatic carbocycles. The maximum Gasteiger partial charge on any atom is 0.326 e. The summed E-state index contributed by atoms with van der Waals surface area (Å²) in [5.41, 5.74) is 2.01. The number of rotatable bonds is 5. The van der Waals surface area contributed by atoms with Crippen LogP contribution in [-0.2, 0) is 16.1 Å². The van der Waals surface area contributed by atoms with Crippen LogP contribution in [0.4, 0.5) is 5.69 Å². The number of hydrogen-bond donors (Lipinski definition) is 1. The van der Waals surface area contributed by atoms with Gasteiger partial charge in [0.1, 0.15) is 12.2 Å². The minimum Gasteiger partial charge on any atom is -0.465 e. The zero-order chi connectivity index (χ0) is 19.6. The van der Waals surface area contributed by atoms with Crippen LogP contribution in [0, 0.1) is 0 Å². The summed E-state index contributed by atoms with van der Waals surface area (Å²) < 4.78 is 6.38. The van der Waals surface area contributed by atoms with Crippen molar-refractivity contribution in [2.24, 2.45) is 0 Å². The second kappa shape index (κ2) is 8.35. The lowest BCUT2D eigenvalue weighted by Crippen LogP contribution is -2.35. The third-order valence-corrected chi connectivity index (χ3v) is 5.51. The summed E-state index contributed by atoms with van der Waals surface area (Å²) in [6.07, 6.45) is 2.66. The fourth-order valence-corrected chi connectivity index (χ4v) is 3.97. The summed E-state index contributed by atoms with van der Waals surface area (Å²) in [4.78, 5) is 29.7. The minimum atomic E-state index is -0.449. The van der Waals surface area contributed by atoms with E-state index in [1.807, 2.05) is 30.5 Å². The molecule has 2 heterocycles. The molecule has 0 saturated heterocycles. The first kappa shape index (κ1) is 19.8. The fourth-order valence-electron chi connectivity index (χ4n) is 3.29. The number of nitrogens with zero attached hydrogens (tertiary/aromatic N) is 2. The Hall–Kier alpha value is -1.99. The maximum absolute atomic E-state index is 13.1. The molecule has 1 aliphatic rings. The number of thioether (sulfide) groups is 1. The number of esters is 1. The number of carbonyl (C=O) groups excluding carboxylic acids is 1. The van der Waals surface area contributed by atoms with Gasteiger partial charge in [-0.05, 0) is 37.3 Å². The first-order valence-electron chi connectivity index (χ1n) is 8.80. The molecule has 1 aliphatic heterocycles. The predicted molar refractivity (Wildman–Crippen MR) is 108 cm³/mol. The molecule has 0 amide bonds. The topological polar surface area (TPSA) is 73.2 Å². The van der Waals surface area contributed by atoms with Crippen molar-refractivity contribution < 1.29 is 9.53 Å². The van der Waals surface area contributed by atoms with Crippen molar-refractivity contribution in [3.8, 4) is 0 Å². The van der Waals surface area contributed by atoms with Crippen LogP contribution < -0.4 is 10.9 Å². The molecule has 144 valence electrons. The number of anilines is 1. The molecule has 2 atom stereocenters. The van der Waals surface area contributed by atoms with Crippen LogP contribution >= 0.6 is 23.4 Å². The predicted octanol–water partition coefficient (Wildman–Crippen LogP) is 3.84. The molecule has 1 aromatic heterocycles. The minimum absolute atomic E-state index is 0.0181. The lowest BCUT2D eigenvalue weighted by Gasteiger charge is -2.31. The lowest BCUT2D eigenvalue weighted by molar-refractivity contribution is -0.144. The van der Waals surface area contributed by atoms with Gasteiger partial charge in [0.2, 0.25) is 0 Å². The third-order valence-electron chi connectivity index (χ3n) is 4.58. The molecule has 0 spiro atoms. The van der Waals surface area contributed by atoms with Crippen molar-refractivity contribution in [1.82, 2.24) is 9.55 Å². The quantitative estimate of drug-likeness (QED) is 0.461. The molecule has 0 fully saturated rings. The molecule has 6 nitrogen and oxygen atoms in total. The van der Waals surface area contributed by atoms with Crippen LogP contribution in [0.1, 0.15) is 43.5 Å². The van der Waals surface area contributed by atoms with Crippen molar-refractivity contribution in [3.05, 3.63) is 50.9 Å². The zero-order valence-electron chi connectivity index (χ0n) is 15.5. The molecule has 1 N–H and O–H groups in total. The molecule has 1 aromatic carbocycles. The van der Waals surface area contributed by atoms with Crippen LogP contribution in [0.15, 0.2) is 34.2 Å². The smallest absolute Gasteiger partial charge is 0.326 e. The Bertz CT molecular complexity index is 898. The Balaban J connectivity index is 2.00. The Morgan fingerprint density at radius 3 is 2.74 bits per heavy atom. The van der Waals surface area contributed by atoms with Gasteiger partial charge in [-0.15, -0.1) is 0 Å². The lowest BCUT2D eigenvalue weighted by atomic mass is 9.89. The van der Waals surface area contributed by atoms with Gasteiger partial charge in [0, 0.05) is 10.9 Å². The highest BCUT2D eigenvalue weighted by atomic mass is 35.5. The number of nitrogens with one attached hydrogen (secondary N) is 1. The normalized spacial score (nSPS) is 18.5. The zero-order valence-corrected chi connectivity index (χ0v) is 17.1. The van der Waals surface area contributed by atoms with Crippen molar-refractivity contribution in [2.45, 2.75) is 43.9 Å². The van der Waals surface area contributed by atoms with Crippen LogP contribution in [0.25, 0.3) is 0 Å². The number of fused-ring (bicyclic) bond motifs is 1. The van der Waals surface area contributed by atoms with E-state index >= 15 is 0 Å². The Morgan fingerprint density at radius 2 is 2.11 bits per heavy atom. The van der Waals surface area contributed by atoms with Crippen molar-refractivity contribution in [3.63, 3.8) is 0 Å². The van der Waals surface area contributed by atoms with Gasteiger partial charge in [-0.3, -0.25) is 14.2 Å². The van der Waals surface area contributed by atoms with Crippen LogP contribution in [0.5, 0.6) is 0 Å². The number of aromatic nitrogens is 2. The van der Waals surface area contributed by atoms with E-state index in [9.17, 15) is 9.59 Å². The SMILES string of the molecule is CCOC(=O)Cn1c(SC)nc2c(c1=O)N[C@H](c1ccc(Cl)cc1)C[C@@H]2C. The second-order valence-corrected chi connectivity index (χ2v) is 7.65. The summed E-state index contributed by atoms with van der Waals surface area (Å²) in [6, 6.07) is 7.58. The number of carbonyl (C=O) groups is 1. The number of halogens is 1. The molecule has 8 heteroatoms. The molecule has 0 bridgehead atoms. The number of benzene rings is 1. The highest BCUT2D eigenvalue weighted by molar-refractivity contribution is 7.98. The Morgan fingerprint density at radius 1 is 1.41 bits per heavy atom. The molecular formula is C19H22ClN3O3S. The molecule has 27 heavy (non-hydrogen) atoms. The van der Waals surface area contributed by atoms with Crippen LogP contribution in [-0.4, -0.2) is 28.4 Å². The van der Waals surface area contributed by atoms with Gasteiger partial charge in [-0.1, -0.05) is 42.4 Å². The Kier molecular flexibility index (Phi) is 6.11. The van der Waals surface area contributed by atoms with Crippen molar-refractivity contribution in [1.29, 1.82) is 0 Å². The highest BCUT2D eigenvalue weighted by Crippen LogP contribution is 2.38. The van der Waals surface area contributed by atoms with Crippen LogP contribution in [0.3, 0.4) is 0 Å². The van der Waals surface area contributed by atoms with E-state index in [2.05, 4.69) is 17.2 Å². The van der Waals surface area contributed by atoms with E-state index in [1.54, 1.807) is 6.92 Å². The first-order valence-corrected chi connectivity index (χ1v) is 10.4. The molecule has 2 aromatic rings. The summed E-state index contributed by atoms with van der Waals surface area (Å²) in [6.45, 7) is 3.93. The summed E-state index contributed by atoms with van der Waals surface area (Å²) in [7, 11) is 0.